The Morgan fingerprint density at radius 1 is 1.34 bits per heavy atom. The number of benzene rings is 1. The van der Waals surface area contributed by atoms with Gasteiger partial charge in [-0.05, 0) is 50.1 Å². The summed E-state index contributed by atoms with van der Waals surface area (Å²) in [7, 11) is 1.75. The third kappa shape index (κ3) is 6.73. The normalized spacial score (nSPS) is 16.5. The van der Waals surface area contributed by atoms with Crippen molar-refractivity contribution in [1.82, 2.24) is 15.6 Å². The van der Waals surface area contributed by atoms with Crippen molar-refractivity contribution in [1.29, 1.82) is 0 Å². The van der Waals surface area contributed by atoms with E-state index in [0.717, 1.165) is 30.2 Å². The number of rotatable bonds is 6. The summed E-state index contributed by atoms with van der Waals surface area (Å²) in [6.45, 7) is 6.11. The minimum Gasteiger partial charge on any atom is -0.491 e. The fraction of sp³-hybridized carbons (Fsp3) is 0.429. The molecule has 0 radical (unpaired) electrons. The Hall–Kier alpha value is -2.10. The molecule has 2 heterocycles. The van der Waals surface area contributed by atoms with E-state index in [0.29, 0.717) is 18.9 Å². The zero-order valence-electron chi connectivity index (χ0n) is 17.1. The van der Waals surface area contributed by atoms with Crippen LogP contribution in [0.2, 0.25) is 0 Å². The molecule has 0 bridgehead atoms. The Morgan fingerprint density at radius 3 is 2.90 bits per heavy atom. The largest absolute Gasteiger partial charge is 0.491 e. The van der Waals surface area contributed by atoms with Crippen molar-refractivity contribution in [2.24, 2.45) is 4.99 Å². The highest BCUT2D eigenvalue weighted by atomic mass is 127. The number of aliphatic imine (C=N–C) groups is 1. The fourth-order valence-corrected chi connectivity index (χ4v) is 3.26. The lowest BCUT2D eigenvalue weighted by Crippen LogP contribution is -2.44. The third-order valence-electron chi connectivity index (χ3n) is 4.52. The van der Waals surface area contributed by atoms with Crippen molar-refractivity contribution < 1.29 is 9.13 Å². The van der Waals surface area contributed by atoms with Gasteiger partial charge in [-0.25, -0.2) is 9.37 Å². The maximum atomic E-state index is 13.9. The summed E-state index contributed by atoms with van der Waals surface area (Å²) in [6, 6.07) is 11.3. The molecule has 2 N–H and O–H groups in total. The first-order valence-corrected chi connectivity index (χ1v) is 9.63. The highest BCUT2D eigenvalue weighted by Crippen LogP contribution is 2.20. The van der Waals surface area contributed by atoms with Crippen LogP contribution < -0.4 is 20.3 Å². The predicted octanol–water partition coefficient (Wildman–Crippen LogP) is 3.57. The predicted molar refractivity (Wildman–Crippen MR) is 126 cm³/mol. The van der Waals surface area contributed by atoms with Gasteiger partial charge in [-0.3, -0.25) is 4.99 Å². The molecule has 0 spiro atoms. The van der Waals surface area contributed by atoms with Gasteiger partial charge in [0.05, 0.1) is 6.10 Å². The van der Waals surface area contributed by atoms with Crippen molar-refractivity contribution in [2.75, 3.05) is 25.0 Å². The standard InChI is InChI=1S/C21H28FN5O.HI/c1-15(2)28-18-7-4-6-16(12-18)13-25-21(23-3)26-17-9-11-27(14-17)20-19(22)8-5-10-24-20;/h4-8,10,12,15,17H,9,11,13-14H2,1-3H3,(H2,23,25,26);1H. The smallest absolute Gasteiger partial charge is 0.191 e. The SMILES string of the molecule is CN=C(NCc1cccc(OC(C)C)c1)NC1CCN(c2ncccc2F)C1.I. The Morgan fingerprint density at radius 2 is 2.17 bits per heavy atom. The van der Waals surface area contributed by atoms with Crippen molar-refractivity contribution in [3.8, 4) is 5.75 Å². The molecule has 1 aliphatic heterocycles. The first-order valence-electron chi connectivity index (χ1n) is 9.63. The van der Waals surface area contributed by atoms with Crippen LogP contribution in [0.3, 0.4) is 0 Å². The fourth-order valence-electron chi connectivity index (χ4n) is 3.26. The van der Waals surface area contributed by atoms with E-state index in [1.165, 1.54) is 6.07 Å². The Balaban J connectivity index is 0.00000300. The summed E-state index contributed by atoms with van der Waals surface area (Å²) in [6.07, 6.45) is 2.66. The Kier molecular flexibility index (Phi) is 8.94. The van der Waals surface area contributed by atoms with Gasteiger partial charge in [0.1, 0.15) is 5.75 Å². The molecule has 1 aromatic carbocycles. The van der Waals surface area contributed by atoms with Crippen LogP contribution in [0.15, 0.2) is 47.6 Å². The molecule has 0 saturated carbocycles. The topological polar surface area (TPSA) is 61.8 Å². The van der Waals surface area contributed by atoms with Crippen LogP contribution in [0.5, 0.6) is 5.75 Å². The number of hydrogen-bond donors (Lipinski definition) is 2. The molecule has 2 aromatic rings. The van der Waals surface area contributed by atoms with Crippen LogP contribution in [0.4, 0.5) is 10.2 Å². The Labute approximate surface area is 189 Å². The van der Waals surface area contributed by atoms with Crippen LogP contribution in [-0.2, 0) is 6.54 Å². The summed E-state index contributed by atoms with van der Waals surface area (Å²) < 4.78 is 19.7. The molecule has 1 aromatic heterocycles. The molecule has 1 unspecified atom stereocenters. The molecule has 158 valence electrons. The number of hydrogen-bond acceptors (Lipinski definition) is 4. The molecular formula is C21H29FIN5O. The maximum Gasteiger partial charge on any atom is 0.191 e. The van der Waals surface area contributed by atoms with Gasteiger partial charge in [-0.1, -0.05) is 12.1 Å². The minimum absolute atomic E-state index is 0. The maximum absolute atomic E-state index is 13.9. The summed E-state index contributed by atoms with van der Waals surface area (Å²) in [5, 5.41) is 6.75. The molecule has 0 amide bonds. The van der Waals surface area contributed by atoms with E-state index < -0.39 is 0 Å². The number of anilines is 1. The van der Waals surface area contributed by atoms with Crippen molar-refractivity contribution >= 4 is 35.8 Å². The van der Waals surface area contributed by atoms with Crippen LogP contribution in [0, 0.1) is 5.82 Å². The molecule has 6 nitrogen and oxygen atoms in total. The number of guanidine groups is 1. The summed E-state index contributed by atoms with van der Waals surface area (Å²) in [5.74, 6) is 1.72. The van der Waals surface area contributed by atoms with E-state index in [9.17, 15) is 4.39 Å². The van der Waals surface area contributed by atoms with Gasteiger partial charge in [0.25, 0.3) is 0 Å². The average molecular weight is 513 g/mol. The van der Waals surface area contributed by atoms with E-state index in [1.54, 1.807) is 19.3 Å². The Bertz CT molecular complexity index is 817. The summed E-state index contributed by atoms with van der Waals surface area (Å²) in [4.78, 5) is 10.4. The summed E-state index contributed by atoms with van der Waals surface area (Å²) in [5.41, 5.74) is 1.12. The van der Waals surface area contributed by atoms with Gasteiger partial charge in [-0.15, -0.1) is 24.0 Å². The second kappa shape index (κ2) is 11.2. The van der Waals surface area contributed by atoms with Gasteiger partial charge in [0.15, 0.2) is 17.6 Å². The summed E-state index contributed by atoms with van der Waals surface area (Å²) >= 11 is 0. The van der Waals surface area contributed by atoms with Gasteiger partial charge in [0, 0.05) is 38.9 Å². The van der Waals surface area contributed by atoms with Crippen LogP contribution in [0.25, 0.3) is 0 Å². The second-order valence-electron chi connectivity index (χ2n) is 7.12. The second-order valence-corrected chi connectivity index (χ2v) is 7.12. The molecule has 29 heavy (non-hydrogen) atoms. The van der Waals surface area contributed by atoms with Crippen molar-refractivity contribution in [3.05, 3.63) is 54.0 Å². The zero-order chi connectivity index (χ0) is 19.9. The molecule has 8 heteroatoms. The van der Waals surface area contributed by atoms with E-state index >= 15 is 0 Å². The minimum atomic E-state index is -0.283. The van der Waals surface area contributed by atoms with Crippen molar-refractivity contribution in [3.63, 3.8) is 0 Å². The first kappa shape index (κ1) is 23.2. The number of ether oxygens (including phenoxy) is 1. The lowest BCUT2D eigenvalue weighted by Gasteiger charge is -2.20. The van der Waals surface area contributed by atoms with Crippen LogP contribution in [-0.4, -0.2) is 43.2 Å². The van der Waals surface area contributed by atoms with Gasteiger partial charge < -0.3 is 20.3 Å². The molecule has 1 fully saturated rings. The lowest BCUT2D eigenvalue weighted by molar-refractivity contribution is 0.242. The number of nitrogens with zero attached hydrogens (tertiary/aromatic N) is 3. The molecule has 1 aliphatic rings. The number of nitrogens with one attached hydrogen (secondary N) is 2. The first-order chi connectivity index (χ1) is 13.5. The molecule has 3 rings (SSSR count). The van der Waals surface area contributed by atoms with E-state index in [1.807, 2.05) is 36.9 Å². The van der Waals surface area contributed by atoms with Gasteiger partial charge >= 0.3 is 0 Å². The molecule has 0 aliphatic carbocycles. The molecule has 1 atom stereocenters. The van der Waals surface area contributed by atoms with E-state index in [-0.39, 0.29) is 41.9 Å². The molecule has 1 saturated heterocycles. The highest BCUT2D eigenvalue weighted by molar-refractivity contribution is 14.0. The van der Waals surface area contributed by atoms with Crippen LogP contribution in [0.1, 0.15) is 25.8 Å². The van der Waals surface area contributed by atoms with Gasteiger partial charge in [-0.2, -0.15) is 0 Å². The van der Waals surface area contributed by atoms with Crippen LogP contribution >= 0.6 is 24.0 Å². The number of halogens is 2. The third-order valence-corrected chi connectivity index (χ3v) is 4.52. The average Bonchev–Trinajstić information content (AvgIpc) is 3.13. The number of aromatic nitrogens is 1. The quantitative estimate of drug-likeness (QED) is 0.352. The van der Waals surface area contributed by atoms with Crippen molar-refractivity contribution in [2.45, 2.75) is 39.0 Å². The lowest BCUT2D eigenvalue weighted by atomic mass is 10.2. The molecular weight excluding hydrogens is 484 g/mol. The zero-order valence-corrected chi connectivity index (χ0v) is 19.4. The van der Waals surface area contributed by atoms with Gasteiger partial charge in [0.2, 0.25) is 0 Å². The monoisotopic (exact) mass is 513 g/mol. The van der Waals surface area contributed by atoms with E-state index in [4.69, 9.17) is 4.74 Å². The highest BCUT2D eigenvalue weighted by Gasteiger charge is 2.25. The number of pyridine rings is 1. The van der Waals surface area contributed by atoms with E-state index in [2.05, 4.69) is 26.7 Å².